The molecular formula is C18H24N4O2. The van der Waals surface area contributed by atoms with E-state index in [0.29, 0.717) is 24.7 Å². The number of nitrogens with zero attached hydrogens (tertiary/aromatic N) is 2. The number of benzene rings is 1. The number of nitrogens with two attached hydrogens (primary N) is 1. The van der Waals surface area contributed by atoms with Gasteiger partial charge in [-0.05, 0) is 30.9 Å². The van der Waals surface area contributed by atoms with E-state index in [1.807, 2.05) is 12.1 Å². The summed E-state index contributed by atoms with van der Waals surface area (Å²) >= 11 is 0. The maximum Gasteiger partial charge on any atom is 0.240 e. The number of primary amides is 1. The van der Waals surface area contributed by atoms with Crippen LogP contribution >= 0.6 is 0 Å². The number of aromatic nitrogens is 2. The monoisotopic (exact) mass is 328 g/mol. The third kappa shape index (κ3) is 4.00. The zero-order valence-electron chi connectivity index (χ0n) is 14.0. The standard InChI is InChI=1S/C18H24N4O2/c1-12-6-2-3-7-13(12)10-16-21-17(24-22-16)11-20-15-9-5-4-8-14(15)18(19)23/h2-3,6-7,14-15,20H,4-5,8-11H2,1H3,(H2,19,23)/t14-,15-/m0/s1. The van der Waals surface area contributed by atoms with E-state index in [9.17, 15) is 4.79 Å². The van der Waals surface area contributed by atoms with Crippen molar-refractivity contribution >= 4 is 5.91 Å². The summed E-state index contributed by atoms with van der Waals surface area (Å²) in [7, 11) is 0. The van der Waals surface area contributed by atoms with Crippen LogP contribution in [0.2, 0.25) is 0 Å². The highest BCUT2D eigenvalue weighted by Gasteiger charge is 2.29. The molecule has 0 saturated heterocycles. The highest BCUT2D eigenvalue weighted by Crippen LogP contribution is 2.24. The van der Waals surface area contributed by atoms with Crippen LogP contribution in [0.25, 0.3) is 0 Å². The maximum absolute atomic E-state index is 11.5. The second-order valence-electron chi connectivity index (χ2n) is 6.49. The van der Waals surface area contributed by atoms with E-state index < -0.39 is 0 Å². The second kappa shape index (κ2) is 7.57. The molecule has 1 aromatic heterocycles. The molecule has 2 aromatic rings. The summed E-state index contributed by atoms with van der Waals surface area (Å²) in [4.78, 5) is 16.0. The van der Waals surface area contributed by atoms with Gasteiger partial charge in [0.2, 0.25) is 11.8 Å². The molecule has 3 rings (SSSR count). The van der Waals surface area contributed by atoms with Gasteiger partial charge in [-0.25, -0.2) is 0 Å². The van der Waals surface area contributed by atoms with Crippen molar-refractivity contribution in [1.29, 1.82) is 0 Å². The van der Waals surface area contributed by atoms with E-state index in [0.717, 1.165) is 25.7 Å². The van der Waals surface area contributed by atoms with Crippen LogP contribution in [0.1, 0.15) is 48.5 Å². The van der Waals surface area contributed by atoms with Crippen LogP contribution in [0.3, 0.4) is 0 Å². The van der Waals surface area contributed by atoms with Gasteiger partial charge in [0.1, 0.15) is 0 Å². The molecule has 24 heavy (non-hydrogen) atoms. The van der Waals surface area contributed by atoms with Gasteiger partial charge in [0.05, 0.1) is 12.5 Å². The summed E-state index contributed by atoms with van der Waals surface area (Å²) in [6.07, 6.45) is 4.65. The summed E-state index contributed by atoms with van der Waals surface area (Å²) in [6.45, 7) is 2.54. The largest absolute Gasteiger partial charge is 0.369 e. The Bertz CT molecular complexity index is 698. The number of nitrogens with one attached hydrogen (secondary N) is 1. The first kappa shape index (κ1) is 16.6. The normalized spacial score (nSPS) is 20.9. The van der Waals surface area contributed by atoms with Gasteiger partial charge in [0.15, 0.2) is 5.82 Å². The van der Waals surface area contributed by atoms with E-state index in [2.05, 4.69) is 34.5 Å². The maximum atomic E-state index is 11.5. The van der Waals surface area contributed by atoms with Gasteiger partial charge in [-0.15, -0.1) is 0 Å². The molecule has 0 unspecified atom stereocenters. The molecule has 3 N–H and O–H groups in total. The fraction of sp³-hybridized carbons (Fsp3) is 0.500. The minimum absolute atomic E-state index is 0.1000. The highest BCUT2D eigenvalue weighted by atomic mass is 16.5. The lowest BCUT2D eigenvalue weighted by Crippen LogP contribution is -2.44. The third-order valence-electron chi connectivity index (χ3n) is 4.77. The van der Waals surface area contributed by atoms with Crippen LogP contribution in [-0.2, 0) is 17.8 Å². The first-order valence-corrected chi connectivity index (χ1v) is 8.52. The average Bonchev–Trinajstić information content (AvgIpc) is 3.03. The van der Waals surface area contributed by atoms with Crippen molar-refractivity contribution in [3.05, 3.63) is 47.1 Å². The quantitative estimate of drug-likeness (QED) is 0.847. The molecule has 6 heteroatoms. The summed E-state index contributed by atoms with van der Waals surface area (Å²) in [5, 5.41) is 7.41. The lowest BCUT2D eigenvalue weighted by molar-refractivity contribution is -0.123. The lowest BCUT2D eigenvalue weighted by atomic mass is 9.84. The van der Waals surface area contributed by atoms with Crippen LogP contribution < -0.4 is 11.1 Å². The number of amides is 1. The Balaban J connectivity index is 1.58. The smallest absolute Gasteiger partial charge is 0.240 e. The van der Waals surface area contributed by atoms with Crippen molar-refractivity contribution in [2.75, 3.05) is 0 Å². The molecule has 1 aliphatic carbocycles. The predicted octanol–water partition coefficient (Wildman–Crippen LogP) is 2.10. The molecule has 0 aliphatic heterocycles. The van der Waals surface area contributed by atoms with Crippen molar-refractivity contribution in [1.82, 2.24) is 15.5 Å². The van der Waals surface area contributed by atoms with E-state index >= 15 is 0 Å². The van der Waals surface area contributed by atoms with Crippen molar-refractivity contribution in [2.24, 2.45) is 11.7 Å². The second-order valence-corrected chi connectivity index (χ2v) is 6.49. The highest BCUT2D eigenvalue weighted by molar-refractivity contribution is 5.77. The van der Waals surface area contributed by atoms with Crippen molar-refractivity contribution in [3.63, 3.8) is 0 Å². The Kier molecular flexibility index (Phi) is 5.25. The van der Waals surface area contributed by atoms with E-state index in [4.69, 9.17) is 10.3 Å². The number of hydrogen-bond donors (Lipinski definition) is 2. The van der Waals surface area contributed by atoms with Gasteiger partial charge in [0.25, 0.3) is 0 Å². The first-order valence-electron chi connectivity index (χ1n) is 8.52. The molecule has 0 spiro atoms. The van der Waals surface area contributed by atoms with Gasteiger partial charge in [-0.3, -0.25) is 4.79 Å². The third-order valence-corrected chi connectivity index (χ3v) is 4.77. The fourth-order valence-corrected chi connectivity index (χ4v) is 3.35. The zero-order chi connectivity index (χ0) is 16.9. The molecule has 1 saturated carbocycles. The minimum Gasteiger partial charge on any atom is -0.369 e. The molecule has 1 amide bonds. The van der Waals surface area contributed by atoms with Crippen LogP contribution in [0.4, 0.5) is 0 Å². The van der Waals surface area contributed by atoms with Gasteiger partial charge < -0.3 is 15.6 Å². The van der Waals surface area contributed by atoms with Crippen molar-refractivity contribution in [2.45, 2.75) is 51.6 Å². The Morgan fingerprint density at radius 1 is 1.33 bits per heavy atom. The summed E-state index contributed by atoms with van der Waals surface area (Å²) in [6, 6.07) is 8.28. The van der Waals surface area contributed by atoms with Crippen LogP contribution in [0.5, 0.6) is 0 Å². The minimum atomic E-state index is -0.224. The molecule has 0 radical (unpaired) electrons. The number of hydrogen-bond acceptors (Lipinski definition) is 5. The number of rotatable bonds is 6. The molecule has 1 aliphatic rings. The Morgan fingerprint density at radius 2 is 2.12 bits per heavy atom. The number of carbonyl (C=O) groups excluding carboxylic acids is 1. The van der Waals surface area contributed by atoms with Crippen LogP contribution in [0.15, 0.2) is 28.8 Å². The SMILES string of the molecule is Cc1ccccc1Cc1noc(CN[C@H]2CCCC[C@@H]2C(N)=O)n1. The van der Waals surface area contributed by atoms with Crippen molar-refractivity contribution in [3.8, 4) is 0 Å². The molecule has 1 fully saturated rings. The molecule has 6 nitrogen and oxygen atoms in total. The summed E-state index contributed by atoms with van der Waals surface area (Å²) in [5.74, 6) is 0.898. The molecule has 0 bridgehead atoms. The zero-order valence-corrected chi connectivity index (χ0v) is 14.0. The predicted molar refractivity (Wildman–Crippen MR) is 90.1 cm³/mol. The Labute approximate surface area is 141 Å². The van der Waals surface area contributed by atoms with Crippen molar-refractivity contribution < 1.29 is 9.32 Å². The van der Waals surface area contributed by atoms with Crippen LogP contribution in [-0.4, -0.2) is 22.1 Å². The molecular weight excluding hydrogens is 304 g/mol. The number of aryl methyl sites for hydroxylation is 1. The summed E-state index contributed by atoms with van der Waals surface area (Å²) in [5.41, 5.74) is 7.91. The molecule has 2 atom stereocenters. The molecule has 1 aromatic carbocycles. The topological polar surface area (TPSA) is 94.0 Å². The number of carbonyl (C=O) groups is 1. The van der Waals surface area contributed by atoms with E-state index in [-0.39, 0.29) is 17.9 Å². The van der Waals surface area contributed by atoms with Gasteiger partial charge >= 0.3 is 0 Å². The average molecular weight is 328 g/mol. The van der Waals surface area contributed by atoms with Crippen LogP contribution in [0, 0.1) is 12.8 Å². The fourth-order valence-electron chi connectivity index (χ4n) is 3.35. The van der Waals surface area contributed by atoms with E-state index in [1.165, 1.54) is 11.1 Å². The first-order chi connectivity index (χ1) is 11.6. The summed E-state index contributed by atoms with van der Waals surface area (Å²) < 4.78 is 5.32. The van der Waals surface area contributed by atoms with Gasteiger partial charge in [-0.1, -0.05) is 42.3 Å². The van der Waals surface area contributed by atoms with E-state index in [1.54, 1.807) is 0 Å². The molecule has 1 heterocycles. The van der Waals surface area contributed by atoms with Gasteiger partial charge in [0, 0.05) is 12.5 Å². The molecule has 128 valence electrons. The van der Waals surface area contributed by atoms with Gasteiger partial charge in [-0.2, -0.15) is 4.98 Å². The lowest BCUT2D eigenvalue weighted by Gasteiger charge is -2.29. The Morgan fingerprint density at radius 3 is 2.92 bits per heavy atom. The Hall–Kier alpha value is -2.21.